The van der Waals surface area contributed by atoms with Crippen LogP contribution in [0.1, 0.15) is 50.0 Å². The SMILES string of the molecule is CC(=O)c1ccccc1OC[C@@H](N=[N+]=[N-])[C@H](Cc1ccccc1)NC(=O)[C@H](CC(N)=O)NC(=O)OC(C)(C)C. The Bertz CT molecular complexity index is 1210. The highest BCUT2D eigenvalue weighted by Crippen LogP contribution is 2.20. The highest BCUT2D eigenvalue weighted by atomic mass is 16.6. The summed E-state index contributed by atoms with van der Waals surface area (Å²) in [6, 6.07) is 12.6. The van der Waals surface area contributed by atoms with Crippen LogP contribution in [0, 0.1) is 0 Å². The molecule has 0 saturated carbocycles. The van der Waals surface area contributed by atoms with E-state index in [0.29, 0.717) is 11.3 Å². The maximum Gasteiger partial charge on any atom is 0.408 e. The van der Waals surface area contributed by atoms with Crippen LogP contribution < -0.4 is 21.1 Å². The Hall–Kier alpha value is -4.57. The summed E-state index contributed by atoms with van der Waals surface area (Å²) < 4.78 is 11.1. The van der Waals surface area contributed by atoms with Gasteiger partial charge >= 0.3 is 6.09 Å². The van der Waals surface area contributed by atoms with Crippen molar-refractivity contribution >= 4 is 23.7 Å². The van der Waals surface area contributed by atoms with E-state index in [0.717, 1.165) is 5.56 Å². The Morgan fingerprint density at radius 3 is 2.26 bits per heavy atom. The molecule has 208 valence electrons. The fourth-order valence-corrected chi connectivity index (χ4v) is 3.65. The average molecular weight is 539 g/mol. The minimum absolute atomic E-state index is 0.174. The molecular weight excluding hydrogens is 504 g/mol. The first-order valence-electron chi connectivity index (χ1n) is 12.3. The molecule has 12 nitrogen and oxygen atoms in total. The van der Waals surface area contributed by atoms with E-state index in [1.807, 2.05) is 30.3 Å². The van der Waals surface area contributed by atoms with Crippen LogP contribution in [0.5, 0.6) is 5.75 Å². The second-order valence-corrected chi connectivity index (χ2v) is 9.81. The van der Waals surface area contributed by atoms with Crippen LogP contribution in [0.25, 0.3) is 10.4 Å². The van der Waals surface area contributed by atoms with Crippen LogP contribution in [0.15, 0.2) is 59.7 Å². The van der Waals surface area contributed by atoms with E-state index >= 15 is 0 Å². The van der Waals surface area contributed by atoms with Crippen LogP contribution in [-0.2, 0) is 20.7 Å². The number of amides is 3. The summed E-state index contributed by atoms with van der Waals surface area (Å²) >= 11 is 0. The quantitative estimate of drug-likeness (QED) is 0.152. The molecule has 0 aliphatic heterocycles. The molecule has 0 aliphatic rings. The lowest BCUT2D eigenvalue weighted by Gasteiger charge is -2.28. The average Bonchev–Trinajstić information content (AvgIpc) is 2.85. The zero-order valence-corrected chi connectivity index (χ0v) is 22.4. The summed E-state index contributed by atoms with van der Waals surface area (Å²) in [5.74, 6) is -1.46. The highest BCUT2D eigenvalue weighted by molar-refractivity contribution is 5.96. The minimum atomic E-state index is -1.35. The van der Waals surface area contributed by atoms with Gasteiger partial charge < -0.3 is 25.8 Å². The smallest absolute Gasteiger partial charge is 0.408 e. The molecule has 0 spiro atoms. The van der Waals surface area contributed by atoms with Crippen molar-refractivity contribution in [2.75, 3.05) is 6.61 Å². The van der Waals surface area contributed by atoms with E-state index in [2.05, 4.69) is 20.7 Å². The number of nitrogens with one attached hydrogen (secondary N) is 2. The van der Waals surface area contributed by atoms with Gasteiger partial charge in [-0.2, -0.15) is 0 Å². The first-order chi connectivity index (χ1) is 18.4. The van der Waals surface area contributed by atoms with Gasteiger partial charge in [-0.1, -0.05) is 47.6 Å². The molecule has 39 heavy (non-hydrogen) atoms. The second-order valence-electron chi connectivity index (χ2n) is 9.81. The topological polar surface area (TPSA) is 186 Å². The van der Waals surface area contributed by atoms with E-state index < -0.39 is 48.1 Å². The number of hydrogen-bond acceptors (Lipinski definition) is 7. The lowest BCUT2D eigenvalue weighted by atomic mass is 9.99. The maximum atomic E-state index is 13.3. The molecule has 2 aromatic carbocycles. The van der Waals surface area contributed by atoms with Crippen LogP contribution in [-0.4, -0.2) is 54.0 Å². The predicted molar refractivity (Wildman–Crippen MR) is 144 cm³/mol. The predicted octanol–water partition coefficient (Wildman–Crippen LogP) is 3.44. The van der Waals surface area contributed by atoms with Gasteiger partial charge in [-0.25, -0.2) is 4.79 Å². The van der Waals surface area contributed by atoms with Crippen LogP contribution >= 0.6 is 0 Å². The zero-order valence-electron chi connectivity index (χ0n) is 22.4. The third kappa shape index (κ3) is 10.7. The molecule has 0 unspecified atom stereocenters. The summed E-state index contributed by atoms with van der Waals surface area (Å²) in [5.41, 5.74) is 14.9. The first-order valence-corrected chi connectivity index (χ1v) is 12.3. The van der Waals surface area contributed by atoms with E-state index in [4.69, 9.17) is 15.2 Å². The maximum absolute atomic E-state index is 13.3. The van der Waals surface area contributed by atoms with Crippen molar-refractivity contribution in [1.29, 1.82) is 0 Å². The Labute approximate surface area is 226 Å². The molecule has 0 saturated heterocycles. The van der Waals surface area contributed by atoms with Crippen molar-refractivity contribution in [1.82, 2.24) is 10.6 Å². The molecule has 0 fully saturated rings. The third-order valence-electron chi connectivity index (χ3n) is 5.38. The third-order valence-corrected chi connectivity index (χ3v) is 5.38. The number of para-hydroxylation sites is 1. The van der Waals surface area contributed by atoms with Gasteiger partial charge in [0, 0.05) is 11.0 Å². The molecule has 2 aromatic rings. The number of ketones is 1. The molecule has 0 bridgehead atoms. The van der Waals surface area contributed by atoms with Crippen molar-refractivity contribution < 1.29 is 28.7 Å². The molecule has 0 heterocycles. The number of Topliss-reactive ketones (excluding diaryl/α,β-unsaturated/α-hetero) is 1. The van der Waals surface area contributed by atoms with E-state index in [9.17, 15) is 24.7 Å². The molecular formula is C27H34N6O6. The summed E-state index contributed by atoms with van der Waals surface area (Å²) in [6.45, 7) is 6.19. The molecule has 2 rings (SSSR count). The van der Waals surface area contributed by atoms with Crippen LogP contribution in [0.2, 0.25) is 0 Å². The number of nitrogens with two attached hydrogens (primary N) is 1. The van der Waals surface area contributed by atoms with Crippen molar-refractivity contribution in [3.05, 3.63) is 76.2 Å². The Kier molecular flexibility index (Phi) is 11.3. The lowest BCUT2D eigenvalue weighted by molar-refractivity contribution is -0.127. The molecule has 3 amide bonds. The van der Waals surface area contributed by atoms with Gasteiger partial charge in [-0.15, -0.1) is 0 Å². The number of benzene rings is 2. The molecule has 0 aliphatic carbocycles. The molecule has 12 heteroatoms. The van der Waals surface area contributed by atoms with Crippen molar-refractivity contribution in [2.24, 2.45) is 10.8 Å². The molecule has 0 radical (unpaired) electrons. The summed E-state index contributed by atoms with van der Waals surface area (Å²) in [5, 5.41) is 8.99. The van der Waals surface area contributed by atoms with Gasteiger partial charge in [0.1, 0.15) is 17.4 Å². The minimum Gasteiger partial charge on any atom is -0.492 e. The lowest BCUT2D eigenvalue weighted by Crippen LogP contribution is -2.55. The fraction of sp³-hybridized carbons (Fsp3) is 0.407. The number of primary amides is 1. The number of carbonyl (C=O) groups is 4. The number of nitrogens with zero attached hydrogens (tertiary/aromatic N) is 3. The van der Waals surface area contributed by atoms with Crippen molar-refractivity contribution in [3.63, 3.8) is 0 Å². The monoisotopic (exact) mass is 538 g/mol. The number of azide groups is 1. The van der Waals surface area contributed by atoms with Gasteiger partial charge in [-0.05, 0) is 57.3 Å². The molecule has 3 atom stereocenters. The standard InChI is InChI=1S/C27H34N6O6/c1-17(34)19-12-8-9-13-23(19)38-16-22(32-33-29)20(14-18-10-6-5-7-11-18)30-25(36)21(15-24(28)35)31-26(37)39-27(2,3)4/h5-13,20-22H,14-16H2,1-4H3,(H2,28,35)(H,30,36)(H,31,37)/t20-,21-,22+/m0/s1. The van der Waals surface area contributed by atoms with E-state index in [1.54, 1.807) is 45.0 Å². The van der Waals surface area contributed by atoms with Gasteiger partial charge in [0.05, 0.1) is 24.6 Å². The number of ether oxygens (including phenoxy) is 2. The fourth-order valence-electron chi connectivity index (χ4n) is 3.65. The van der Waals surface area contributed by atoms with Gasteiger partial charge in [0.2, 0.25) is 11.8 Å². The second kappa shape index (κ2) is 14.4. The molecule has 4 N–H and O–H groups in total. The number of alkyl carbamates (subject to hydrolysis) is 1. The van der Waals surface area contributed by atoms with Gasteiger partial charge in [-0.3, -0.25) is 14.4 Å². The summed E-state index contributed by atoms with van der Waals surface area (Å²) in [6.07, 6.45) is -1.17. The van der Waals surface area contributed by atoms with Gasteiger partial charge in [0.15, 0.2) is 5.78 Å². The Morgan fingerprint density at radius 2 is 1.67 bits per heavy atom. The van der Waals surface area contributed by atoms with Crippen molar-refractivity contribution in [2.45, 2.75) is 64.3 Å². The molecule has 0 aromatic heterocycles. The Morgan fingerprint density at radius 1 is 1.03 bits per heavy atom. The summed E-state index contributed by atoms with van der Waals surface area (Å²) in [7, 11) is 0. The zero-order chi connectivity index (χ0) is 29.0. The van der Waals surface area contributed by atoms with E-state index in [-0.39, 0.29) is 18.8 Å². The van der Waals surface area contributed by atoms with Crippen LogP contribution in [0.4, 0.5) is 4.79 Å². The number of carbonyl (C=O) groups excluding carboxylic acids is 4. The highest BCUT2D eigenvalue weighted by Gasteiger charge is 2.30. The first kappa shape index (κ1) is 30.7. The summed E-state index contributed by atoms with van der Waals surface area (Å²) in [4.78, 5) is 52.2. The largest absolute Gasteiger partial charge is 0.492 e. The normalized spacial score (nSPS) is 13.1. The van der Waals surface area contributed by atoms with E-state index in [1.165, 1.54) is 6.92 Å². The number of rotatable bonds is 13. The van der Waals surface area contributed by atoms with Gasteiger partial charge in [0.25, 0.3) is 0 Å². The number of hydrogen-bond donors (Lipinski definition) is 3. The van der Waals surface area contributed by atoms with Crippen LogP contribution in [0.3, 0.4) is 0 Å². The Balaban J connectivity index is 2.33. The van der Waals surface area contributed by atoms with Crippen molar-refractivity contribution in [3.8, 4) is 5.75 Å².